The average molecular weight is 230 g/mol. The van der Waals surface area contributed by atoms with Crippen molar-refractivity contribution in [1.29, 1.82) is 0 Å². The van der Waals surface area contributed by atoms with Gasteiger partial charge in [-0.1, -0.05) is 32.0 Å². The Labute approximate surface area is 104 Å². The van der Waals surface area contributed by atoms with Crippen LogP contribution in [0.15, 0.2) is 18.2 Å². The molecule has 2 heterocycles. The van der Waals surface area contributed by atoms with Crippen LogP contribution in [-0.2, 0) is 5.41 Å². The highest BCUT2D eigenvalue weighted by Crippen LogP contribution is 2.41. The number of nitrogens with zero attached hydrogens (tertiary/aromatic N) is 1. The van der Waals surface area contributed by atoms with Crippen molar-refractivity contribution in [3.05, 3.63) is 34.9 Å². The second-order valence-electron chi connectivity index (χ2n) is 6.11. The number of piperazine rings is 1. The second-order valence-corrected chi connectivity index (χ2v) is 6.11. The van der Waals surface area contributed by atoms with E-state index in [-0.39, 0.29) is 5.41 Å². The normalized spacial score (nSPS) is 27.4. The van der Waals surface area contributed by atoms with Crippen molar-refractivity contribution in [3.63, 3.8) is 0 Å². The maximum Gasteiger partial charge on any atom is 0.0476 e. The summed E-state index contributed by atoms with van der Waals surface area (Å²) in [6, 6.07) is 7.38. The fraction of sp³-hybridized carbons (Fsp3) is 0.600. The zero-order valence-electron chi connectivity index (χ0n) is 11.1. The standard InChI is InChI=1S/C15H22N2/c1-11-5-4-6-12-13-9-16-7-8-17(13)10-15(2,3)14(11)12/h4-6,13,16H,7-10H2,1-3H3. The van der Waals surface area contributed by atoms with Gasteiger partial charge in [0, 0.05) is 37.6 Å². The van der Waals surface area contributed by atoms with E-state index >= 15 is 0 Å². The van der Waals surface area contributed by atoms with E-state index in [2.05, 4.69) is 49.2 Å². The molecule has 0 bridgehead atoms. The molecule has 3 rings (SSSR count). The van der Waals surface area contributed by atoms with Crippen molar-refractivity contribution in [2.45, 2.75) is 32.2 Å². The van der Waals surface area contributed by atoms with E-state index in [0.29, 0.717) is 6.04 Å². The molecule has 0 spiro atoms. The van der Waals surface area contributed by atoms with Gasteiger partial charge < -0.3 is 5.32 Å². The maximum atomic E-state index is 3.53. The predicted molar refractivity (Wildman–Crippen MR) is 71.4 cm³/mol. The Morgan fingerprint density at radius 2 is 2.18 bits per heavy atom. The zero-order valence-corrected chi connectivity index (χ0v) is 11.1. The van der Waals surface area contributed by atoms with E-state index in [9.17, 15) is 0 Å². The molecule has 2 heteroatoms. The Bertz CT molecular complexity index is 437. The first kappa shape index (κ1) is 11.2. The third-order valence-corrected chi connectivity index (χ3v) is 4.29. The molecule has 1 fully saturated rings. The average Bonchev–Trinajstić information content (AvgIpc) is 2.28. The van der Waals surface area contributed by atoms with E-state index < -0.39 is 0 Å². The van der Waals surface area contributed by atoms with Crippen LogP contribution in [-0.4, -0.2) is 31.1 Å². The fourth-order valence-electron chi connectivity index (χ4n) is 3.72. The molecule has 0 amide bonds. The van der Waals surface area contributed by atoms with Gasteiger partial charge in [0.2, 0.25) is 0 Å². The molecule has 1 aromatic carbocycles. The Morgan fingerprint density at radius 3 is 3.00 bits per heavy atom. The third-order valence-electron chi connectivity index (χ3n) is 4.29. The van der Waals surface area contributed by atoms with Crippen LogP contribution in [0.2, 0.25) is 0 Å². The number of rotatable bonds is 0. The van der Waals surface area contributed by atoms with Crippen LogP contribution < -0.4 is 5.32 Å². The highest BCUT2D eigenvalue weighted by atomic mass is 15.2. The largest absolute Gasteiger partial charge is 0.314 e. The van der Waals surface area contributed by atoms with Crippen molar-refractivity contribution >= 4 is 0 Å². The van der Waals surface area contributed by atoms with E-state index in [1.807, 2.05) is 0 Å². The van der Waals surface area contributed by atoms with Gasteiger partial charge in [-0.25, -0.2) is 0 Å². The first-order valence-electron chi connectivity index (χ1n) is 6.64. The number of hydrogen-bond donors (Lipinski definition) is 1. The van der Waals surface area contributed by atoms with Gasteiger partial charge in [-0.3, -0.25) is 4.90 Å². The highest BCUT2D eigenvalue weighted by molar-refractivity contribution is 5.44. The molecular weight excluding hydrogens is 208 g/mol. The van der Waals surface area contributed by atoms with Gasteiger partial charge in [-0.2, -0.15) is 0 Å². The van der Waals surface area contributed by atoms with E-state index in [4.69, 9.17) is 0 Å². The van der Waals surface area contributed by atoms with Crippen LogP contribution in [0.5, 0.6) is 0 Å². The smallest absolute Gasteiger partial charge is 0.0476 e. The summed E-state index contributed by atoms with van der Waals surface area (Å²) in [5.74, 6) is 0. The lowest BCUT2D eigenvalue weighted by atomic mass is 9.73. The maximum absolute atomic E-state index is 3.53. The summed E-state index contributed by atoms with van der Waals surface area (Å²) < 4.78 is 0. The van der Waals surface area contributed by atoms with Crippen molar-refractivity contribution in [2.24, 2.45) is 0 Å². The lowest BCUT2D eigenvalue weighted by molar-refractivity contribution is 0.113. The summed E-state index contributed by atoms with van der Waals surface area (Å²) in [6.45, 7) is 11.6. The first-order chi connectivity index (χ1) is 8.09. The quantitative estimate of drug-likeness (QED) is 0.735. The Morgan fingerprint density at radius 1 is 1.35 bits per heavy atom. The zero-order chi connectivity index (χ0) is 12.0. The molecule has 2 aliphatic rings. The summed E-state index contributed by atoms with van der Waals surface area (Å²) in [6.07, 6.45) is 0. The number of fused-ring (bicyclic) bond motifs is 3. The van der Waals surface area contributed by atoms with Crippen molar-refractivity contribution in [3.8, 4) is 0 Å². The van der Waals surface area contributed by atoms with Crippen molar-refractivity contribution < 1.29 is 0 Å². The molecule has 1 aromatic rings. The Kier molecular flexibility index (Phi) is 2.53. The summed E-state index contributed by atoms with van der Waals surface area (Å²) in [7, 11) is 0. The second kappa shape index (κ2) is 3.82. The molecule has 0 aromatic heterocycles. The predicted octanol–water partition coefficient (Wildman–Crippen LogP) is 2.23. The fourth-order valence-corrected chi connectivity index (χ4v) is 3.72. The van der Waals surface area contributed by atoms with Gasteiger partial charge in [0.1, 0.15) is 0 Å². The minimum absolute atomic E-state index is 0.286. The first-order valence-corrected chi connectivity index (χ1v) is 6.64. The number of nitrogens with one attached hydrogen (secondary N) is 1. The molecule has 1 saturated heterocycles. The summed E-state index contributed by atoms with van der Waals surface area (Å²) in [5, 5.41) is 3.53. The summed E-state index contributed by atoms with van der Waals surface area (Å²) >= 11 is 0. The summed E-state index contributed by atoms with van der Waals surface area (Å²) in [4.78, 5) is 2.65. The van der Waals surface area contributed by atoms with Gasteiger partial charge in [0.15, 0.2) is 0 Å². The third kappa shape index (κ3) is 1.71. The molecule has 0 saturated carbocycles. The van der Waals surface area contributed by atoms with Gasteiger partial charge in [-0.15, -0.1) is 0 Å². The molecule has 2 aliphatic heterocycles. The van der Waals surface area contributed by atoms with Gasteiger partial charge >= 0.3 is 0 Å². The lowest BCUT2D eigenvalue weighted by Crippen LogP contribution is -2.53. The topological polar surface area (TPSA) is 15.3 Å². The van der Waals surface area contributed by atoms with Crippen LogP contribution >= 0.6 is 0 Å². The molecule has 1 N–H and O–H groups in total. The molecule has 1 atom stereocenters. The van der Waals surface area contributed by atoms with Gasteiger partial charge in [-0.05, 0) is 23.6 Å². The van der Waals surface area contributed by atoms with Crippen molar-refractivity contribution in [1.82, 2.24) is 10.2 Å². The molecule has 0 aliphatic carbocycles. The van der Waals surface area contributed by atoms with Crippen molar-refractivity contribution in [2.75, 3.05) is 26.2 Å². The number of benzene rings is 1. The van der Waals surface area contributed by atoms with E-state index in [1.165, 1.54) is 18.7 Å². The lowest BCUT2D eigenvalue weighted by Gasteiger charge is -2.48. The molecule has 0 radical (unpaired) electrons. The van der Waals surface area contributed by atoms with Crippen LogP contribution in [0, 0.1) is 6.92 Å². The van der Waals surface area contributed by atoms with E-state index in [1.54, 1.807) is 11.1 Å². The molecular formula is C15H22N2. The molecule has 1 unspecified atom stereocenters. The molecule has 92 valence electrons. The molecule has 2 nitrogen and oxygen atoms in total. The number of hydrogen-bond acceptors (Lipinski definition) is 2. The van der Waals surface area contributed by atoms with Crippen LogP contribution in [0.4, 0.5) is 0 Å². The minimum atomic E-state index is 0.286. The highest BCUT2D eigenvalue weighted by Gasteiger charge is 2.39. The summed E-state index contributed by atoms with van der Waals surface area (Å²) in [5.41, 5.74) is 4.88. The van der Waals surface area contributed by atoms with Crippen LogP contribution in [0.3, 0.4) is 0 Å². The van der Waals surface area contributed by atoms with E-state index in [0.717, 1.165) is 13.1 Å². The Balaban J connectivity index is 2.14. The van der Waals surface area contributed by atoms with Crippen LogP contribution in [0.1, 0.15) is 36.6 Å². The molecule has 17 heavy (non-hydrogen) atoms. The van der Waals surface area contributed by atoms with Gasteiger partial charge in [0.25, 0.3) is 0 Å². The van der Waals surface area contributed by atoms with Crippen LogP contribution in [0.25, 0.3) is 0 Å². The minimum Gasteiger partial charge on any atom is -0.314 e. The van der Waals surface area contributed by atoms with Gasteiger partial charge in [0.05, 0.1) is 0 Å². The SMILES string of the molecule is Cc1cccc2c1C(C)(C)CN1CCNCC21. The number of aryl methyl sites for hydroxylation is 1. The monoisotopic (exact) mass is 230 g/mol. The Hall–Kier alpha value is -0.860.